The lowest BCUT2D eigenvalue weighted by molar-refractivity contribution is -0.145. The molecule has 0 heterocycles. The second kappa shape index (κ2) is 8.44. The topological polar surface area (TPSA) is 95.9 Å². The molecule has 7 heteroatoms. The number of hydrogen-bond donors (Lipinski definition) is 2. The summed E-state index contributed by atoms with van der Waals surface area (Å²) in [6, 6.07) is 6.12. The molecule has 24 heavy (non-hydrogen) atoms. The fourth-order valence-electron chi connectivity index (χ4n) is 2.22. The first-order valence-corrected chi connectivity index (χ1v) is 7.73. The number of carbonyl (C=O) groups is 3. The van der Waals surface area contributed by atoms with Gasteiger partial charge in [0.1, 0.15) is 0 Å². The summed E-state index contributed by atoms with van der Waals surface area (Å²) < 4.78 is 4.86. The molecule has 1 atom stereocenters. The van der Waals surface area contributed by atoms with Gasteiger partial charge in [-0.2, -0.15) is 0 Å². The van der Waals surface area contributed by atoms with Gasteiger partial charge in [-0.15, -0.1) is 0 Å². The van der Waals surface area contributed by atoms with Crippen molar-refractivity contribution in [2.24, 2.45) is 0 Å². The van der Waals surface area contributed by atoms with Crippen LogP contribution in [0.3, 0.4) is 0 Å². The summed E-state index contributed by atoms with van der Waals surface area (Å²) >= 11 is 0. The van der Waals surface area contributed by atoms with Crippen molar-refractivity contribution in [3.05, 3.63) is 35.4 Å². The van der Waals surface area contributed by atoms with E-state index in [0.29, 0.717) is 18.7 Å². The molecule has 1 rings (SSSR count). The zero-order valence-electron chi connectivity index (χ0n) is 14.5. The largest absolute Gasteiger partial charge is 0.479 e. The average molecular weight is 336 g/mol. The van der Waals surface area contributed by atoms with E-state index in [1.807, 2.05) is 13.8 Å². The van der Waals surface area contributed by atoms with Crippen LogP contribution in [0.25, 0.3) is 0 Å². The summed E-state index contributed by atoms with van der Waals surface area (Å²) in [6.45, 7) is 6.20. The molecule has 2 amide bonds. The van der Waals surface area contributed by atoms with Crippen molar-refractivity contribution in [3.63, 3.8) is 0 Å². The first-order chi connectivity index (χ1) is 11.3. The van der Waals surface area contributed by atoms with Gasteiger partial charge in [0.05, 0.1) is 6.61 Å². The molecular weight excluding hydrogens is 312 g/mol. The molecule has 0 saturated heterocycles. The van der Waals surface area contributed by atoms with Crippen LogP contribution in [0.15, 0.2) is 24.3 Å². The number of hydrogen-bond acceptors (Lipinski definition) is 4. The van der Waals surface area contributed by atoms with Crippen LogP contribution >= 0.6 is 0 Å². The molecule has 7 nitrogen and oxygen atoms in total. The maximum absolute atomic E-state index is 12.2. The standard InChI is InChI=1S/C17H24N2O5/c1-5-19(6-2)15(21)13-9-7-12(8-10-13)14(20)18-17(3,11-24-4)16(22)23/h7-10H,5-6,11H2,1-4H3,(H,18,20)(H,22,23). The van der Waals surface area contributed by atoms with Crippen molar-refractivity contribution in [2.45, 2.75) is 26.3 Å². The summed E-state index contributed by atoms with van der Waals surface area (Å²) in [4.78, 5) is 37.5. The second-order valence-corrected chi connectivity index (χ2v) is 5.58. The lowest BCUT2D eigenvalue weighted by Gasteiger charge is -2.25. The van der Waals surface area contributed by atoms with Gasteiger partial charge < -0.3 is 20.1 Å². The third kappa shape index (κ3) is 4.55. The third-order valence-electron chi connectivity index (χ3n) is 3.74. The maximum atomic E-state index is 12.2. The van der Waals surface area contributed by atoms with Gasteiger partial charge in [0.25, 0.3) is 11.8 Å². The van der Waals surface area contributed by atoms with E-state index in [2.05, 4.69) is 5.32 Å². The van der Waals surface area contributed by atoms with E-state index in [1.54, 1.807) is 17.0 Å². The van der Waals surface area contributed by atoms with Crippen LogP contribution in [0.4, 0.5) is 0 Å². The molecule has 0 aliphatic rings. The van der Waals surface area contributed by atoms with Gasteiger partial charge in [-0.25, -0.2) is 4.79 Å². The van der Waals surface area contributed by atoms with Gasteiger partial charge in [0.15, 0.2) is 5.54 Å². The van der Waals surface area contributed by atoms with Crippen LogP contribution in [0.5, 0.6) is 0 Å². The minimum atomic E-state index is -1.53. The van der Waals surface area contributed by atoms with E-state index in [-0.39, 0.29) is 18.1 Å². The van der Waals surface area contributed by atoms with E-state index >= 15 is 0 Å². The van der Waals surface area contributed by atoms with Gasteiger partial charge in [-0.05, 0) is 45.0 Å². The lowest BCUT2D eigenvalue weighted by Crippen LogP contribution is -2.55. The molecule has 0 saturated carbocycles. The predicted octanol–water partition coefficient (Wildman–Crippen LogP) is 1.39. The Morgan fingerprint density at radius 2 is 1.62 bits per heavy atom. The number of carboxylic acids is 1. The molecule has 1 aromatic rings. The second-order valence-electron chi connectivity index (χ2n) is 5.58. The van der Waals surface area contributed by atoms with Crippen LogP contribution in [0, 0.1) is 0 Å². The van der Waals surface area contributed by atoms with Gasteiger partial charge in [-0.1, -0.05) is 0 Å². The number of methoxy groups -OCH3 is 1. The maximum Gasteiger partial charge on any atom is 0.331 e. The summed E-state index contributed by atoms with van der Waals surface area (Å²) in [5, 5.41) is 11.7. The Hall–Kier alpha value is -2.41. The number of nitrogens with one attached hydrogen (secondary N) is 1. The van der Waals surface area contributed by atoms with Crippen LogP contribution in [-0.4, -0.2) is 60.1 Å². The highest BCUT2D eigenvalue weighted by Gasteiger charge is 2.35. The predicted molar refractivity (Wildman–Crippen MR) is 89.1 cm³/mol. The van der Waals surface area contributed by atoms with Gasteiger partial charge >= 0.3 is 5.97 Å². The Kier molecular flexibility index (Phi) is 6.91. The van der Waals surface area contributed by atoms with E-state index in [9.17, 15) is 19.5 Å². The highest BCUT2D eigenvalue weighted by atomic mass is 16.5. The molecule has 0 radical (unpaired) electrons. The van der Waals surface area contributed by atoms with Crippen LogP contribution < -0.4 is 5.32 Å². The number of amides is 2. The SMILES string of the molecule is CCN(CC)C(=O)c1ccc(C(=O)NC(C)(COC)C(=O)O)cc1. The average Bonchev–Trinajstić information content (AvgIpc) is 2.56. The summed E-state index contributed by atoms with van der Waals surface area (Å²) in [5.74, 6) is -1.84. The molecule has 0 aromatic heterocycles. The smallest absolute Gasteiger partial charge is 0.331 e. The van der Waals surface area contributed by atoms with Crippen molar-refractivity contribution < 1.29 is 24.2 Å². The third-order valence-corrected chi connectivity index (χ3v) is 3.74. The number of nitrogens with zero attached hydrogens (tertiary/aromatic N) is 1. The van der Waals surface area contributed by atoms with E-state index in [1.165, 1.54) is 26.2 Å². The molecule has 0 aliphatic heterocycles. The Balaban J connectivity index is 2.90. The molecule has 2 N–H and O–H groups in total. The van der Waals surface area contributed by atoms with E-state index in [4.69, 9.17) is 4.74 Å². The fourth-order valence-corrected chi connectivity index (χ4v) is 2.22. The van der Waals surface area contributed by atoms with Gasteiger partial charge in [-0.3, -0.25) is 9.59 Å². The minimum Gasteiger partial charge on any atom is -0.479 e. The van der Waals surface area contributed by atoms with Crippen molar-refractivity contribution in [2.75, 3.05) is 26.8 Å². The molecule has 0 bridgehead atoms. The van der Waals surface area contributed by atoms with Crippen LogP contribution in [0.1, 0.15) is 41.5 Å². The number of carboxylic acid groups (broad SMARTS) is 1. The number of aliphatic carboxylic acids is 1. The van der Waals surface area contributed by atoms with Crippen molar-refractivity contribution in [1.82, 2.24) is 10.2 Å². The Bertz CT molecular complexity index is 596. The Morgan fingerprint density at radius 1 is 1.12 bits per heavy atom. The monoisotopic (exact) mass is 336 g/mol. The van der Waals surface area contributed by atoms with Gasteiger partial charge in [0.2, 0.25) is 0 Å². The van der Waals surface area contributed by atoms with Crippen LogP contribution in [-0.2, 0) is 9.53 Å². The lowest BCUT2D eigenvalue weighted by atomic mass is 10.0. The van der Waals surface area contributed by atoms with Crippen LogP contribution in [0.2, 0.25) is 0 Å². The number of ether oxygens (including phenoxy) is 1. The summed E-state index contributed by atoms with van der Waals surface area (Å²) in [6.07, 6.45) is 0. The first kappa shape index (κ1) is 19.6. The number of benzene rings is 1. The fraction of sp³-hybridized carbons (Fsp3) is 0.471. The zero-order valence-corrected chi connectivity index (χ0v) is 14.5. The molecule has 0 aliphatic carbocycles. The molecule has 0 fully saturated rings. The van der Waals surface area contributed by atoms with Gasteiger partial charge in [0, 0.05) is 31.3 Å². The van der Waals surface area contributed by atoms with Crippen molar-refractivity contribution in [1.29, 1.82) is 0 Å². The zero-order chi connectivity index (χ0) is 18.3. The highest BCUT2D eigenvalue weighted by Crippen LogP contribution is 2.11. The molecule has 1 aromatic carbocycles. The number of rotatable bonds is 8. The Labute approximate surface area is 141 Å². The molecule has 1 unspecified atom stereocenters. The molecule has 0 spiro atoms. The molecular formula is C17H24N2O5. The Morgan fingerprint density at radius 3 is 2.04 bits per heavy atom. The van der Waals surface area contributed by atoms with E-state index < -0.39 is 17.4 Å². The minimum absolute atomic E-state index is 0.110. The normalized spacial score (nSPS) is 13.0. The molecule has 132 valence electrons. The quantitative estimate of drug-likeness (QED) is 0.748. The summed E-state index contributed by atoms with van der Waals surface area (Å²) in [7, 11) is 1.36. The first-order valence-electron chi connectivity index (χ1n) is 7.73. The summed E-state index contributed by atoms with van der Waals surface area (Å²) in [5.41, 5.74) is -0.774. The van der Waals surface area contributed by atoms with Crippen molar-refractivity contribution in [3.8, 4) is 0 Å². The number of carbonyl (C=O) groups excluding carboxylic acids is 2. The highest BCUT2D eigenvalue weighted by molar-refractivity contribution is 5.99. The van der Waals surface area contributed by atoms with E-state index in [0.717, 1.165) is 0 Å². The van der Waals surface area contributed by atoms with Crippen molar-refractivity contribution >= 4 is 17.8 Å².